The number of benzene rings is 1. The summed E-state index contributed by atoms with van der Waals surface area (Å²) in [4.78, 5) is 13.2. The largest absolute Gasteiger partial charge is 0.357 e. The van der Waals surface area contributed by atoms with Crippen LogP contribution in [0.1, 0.15) is 5.56 Å². The standard InChI is InChI=1S/C12H10ClN3O2/c13-10-5-3-9(4-6-10)8-15-12-11(16(17)18)2-1-7-14-12/h1-7H,8H2,(H,14,15)/p+1. The van der Waals surface area contributed by atoms with Crippen molar-refractivity contribution in [1.29, 1.82) is 0 Å². The van der Waals surface area contributed by atoms with E-state index in [9.17, 15) is 10.1 Å². The maximum Gasteiger partial charge on any atom is 0.357 e. The van der Waals surface area contributed by atoms with Crippen molar-refractivity contribution in [3.63, 3.8) is 0 Å². The van der Waals surface area contributed by atoms with E-state index in [0.717, 1.165) is 5.56 Å². The Morgan fingerprint density at radius 1 is 1.28 bits per heavy atom. The SMILES string of the molecule is O=[N+]([O-])c1ccc[nH+]c1NCc1ccc(Cl)cc1. The molecule has 0 aliphatic rings. The number of rotatable bonds is 4. The second kappa shape index (κ2) is 5.46. The van der Waals surface area contributed by atoms with Crippen LogP contribution in [0.4, 0.5) is 11.5 Å². The summed E-state index contributed by atoms with van der Waals surface area (Å²) in [6.45, 7) is 0.485. The number of aromatic amines is 1. The molecule has 92 valence electrons. The zero-order valence-electron chi connectivity index (χ0n) is 9.39. The van der Waals surface area contributed by atoms with Crippen molar-refractivity contribution < 1.29 is 9.91 Å². The van der Waals surface area contributed by atoms with E-state index in [2.05, 4.69) is 10.3 Å². The highest BCUT2D eigenvalue weighted by atomic mass is 35.5. The smallest absolute Gasteiger partial charge is 0.264 e. The minimum Gasteiger partial charge on any atom is -0.264 e. The molecule has 2 N–H and O–H groups in total. The van der Waals surface area contributed by atoms with Crippen LogP contribution >= 0.6 is 11.6 Å². The fourth-order valence-electron chi connectivity index (χ4n) is 1.51. The lowest BCUT2D eigenvalue weighted by atomic mass is 10.2. The van der Waals surface area contributed by atoms with Crippen molar-refractivity contribution in [3.05, 3.63) is 63.3 Å². The van der Waals surface area contributed by atoms with Crippen LogP contribution in [0.3, 0.4) is 0 Å². The molecule has 18 heavy (non-hydrogen) atoms. The van der Waals surface area contributed by atoms with E-state index in [1.165, 1.54) is 6.07 Å². The van der Waals surface area contributed by atoms with Gasteiger partial charge in [-0.15, -0.1) is 0 Å². The second-order valence-corrected chi connectivity index (χ2v) is 4.10. The van der Waals surface area contributed by atoms with Gasteiger partial charge in [-0.3, -0.25) is 15.4 Å². The lowest BCUT2D eigenvalue weighted by molar-refractivity contribution is -0.409. The fraction of sp³-hybridized carbons (Fsp3) is 0.0833. The molecule has 0 saturated heterocycles. The van der Waals surface area contributed by atoms with Gasteiger partial charge in [0.15, 0.2) is 0 Å². The van der Waals surface area contributed by atoms with E-state index in [1.54, 1.807) is 24.4 Å². The average Bonchev–Trinajstić information content (AvgIpc) is 2.38. The molecular weight excluding hydrogens is 254 g/mol. The number of nitro groups is 1. The van der Waals surface area contributed by atoms with E-state index in [4.69, 9.17) is 11.6 Å². The summed E-state index contributed by atoms with van der Waals surface area (Å²) >= 11 is 5.78. The average molecular weight is 265 g/mol. The highest BCUT2D eigenvalue weighted by Gasteiger charge is 2.19. The first-order chi connectivity index (χ1) is 8.66. The molecule has 2 aromatic rings. The predicted octanol–water partition coefficient (Wildman–Crippen LogP) is 2.67. The number of halogens is 1. The summed E-state index contributed by atoms with van der Waals surface area (Å²) < 4.78 is 0. The predicted molar refractivity (Wildman–Crippen MR) is 68.4 cm³/mol. The van der Waals surface area contributed by atoms with E-state index >= 15 is 0 Å². The summed E-state index contributed by atoms with van der Waals surface area (Å²) in [5.41, 5.74) is 1.01. The summed E-state index contributed by atoms with van der Waals surface area (Å²) in [5, 5.41) is 14.5. The third-order valence-electron chi connectivity index (χ3n) is 2.41. The molecule has 0 aliphatic heterocycles. The molecule has 5 nitrogen and oxygen atoms in total. The van der Waals surface area contributed by atoms with Crippen molar-refractivity contribution >= 4 is 23.1 Å². The Morgan fingerprint density at radius 3 is 2.67 bits per heavy atom. The van der Waals surface area contributed by atoms with Crippen LogP contribution in [0.25, 0.3) is 0 Å². The van der Waals surface area contributed by atoms with Crippen LogP contribution in [0.5, 0.6) is 0 Å². The lowest BCUT2D eigenvalue weighted by Gasteiger charge is -2.00. The summed E-state index contributed by atoms with van der Waals surface area (Å²) in [5.74, 6) is 0.387. The number of pyridine rings is 1. The molecule has 0 unspecified atom stereocenters. The quantitative estimate of drug-likeness (QED) is 0.682. The number of aromatic nitrogens is 1. The normalized spacial score (nSPS) is 10.1. The Balaban J connectivity index is 2.10. The molecule has 1 heterocycles. The number of hydrogen-bond acceptors (Lipinski definition) is 3. The Labute approximate surface area is 109 Å². The zero-order valence-corrected chi connectivity index (χ0v) is 10.1. The first-order valence-corrected chi connectivity index (χ1v) is 5.68. The molecule has 0 fully saturated rings. The molecular formula is C12H11ClN3O2+. The van der Waals surface area contributed by atoms with E-state index in [-0.39, 0.29) is 5.69 Å². The van der Waals surface area contributed by atoms with Gasteiger partial charge in [-0.1, -0.05) is 23.7 Å². The highest BCUT2D eigenvalue weighted by molar-refractivity contribution is 6.30. The molecule has 0 bridgehead atoms. The number of hydrogen-bond donors (Lipinski definition) is 1. The van der Waals surface area contributed by atoms with E-state index in [0.29, 0.717) is 17.4 Å². The Bertz CT molecular complexity index is 558. The number of nitrogens with one attached hydrogen (secondary N) is 2. The van der Waals surface area contributed by atoms with Crippen LogP contribution in [0, 0.1) is 10.1 Å². The molecule has 0 saturated carbocycles. The fourth-order valence-corrected chi connectivity index (χ4v) is 1.64. The number of H-pyrrole nitrogens is 1. The molecule has 2 rings (SSSR count). The molecule has 0 spiro atoms. The molecule has 6 heteroatoms. The number of nitrogens with zero attached hydrogens (tertiary/aromatic N) is 1. The van der Waals surface area contributed by atoms with Crippen molar-refractivity contribution in [2.24, 2.45) is 0 Å². The van der Waals surface area contributed by atoms with Crippen LogP contribution in [0.2, 0.25) is 5.02 Å². The molecule has 0 radical (unpaired) electrons. The van der Waals surface area contributed by atoms with Gasteiger partial charge in [-0.05, 0) is 23.8 Å². The van der Waals surface area contributed by atoms with Crippen molar-refractivity contribution in [1.82, 2.24) is 0 Å². The molecule has 1 aromatic heterocycles. The van der Waals surface area contributed by atoms with Crippen molar-refractivity contribution in [2.45, 2.75) is 6.54 Å². The Morgan fingerprint density at radius 2 is 2.00 bits per heavy atom. The van der Waals surface area contributed by atoms with Gasteiger partial charge in [-0.25, -0.2) is 4.98 Å². The number of anilines is 1. The Kier molecular flexibility index (Phi) is 3.74. The van der Waals surface area contributed by atoms with Gasteiger partial charge < -0.3 is 0 Å². The molecule has 1 aromatic carbocycles. The Hall–Kier alpha value is -2.14. The van der Waals surface area contributed by atoms with Gasteiger partial charge in [0.1, 0.15) is 6.54 Å². The third kappa shape index (κ3) is 2.95. The van der Waals surface area contributed by atoms with E-state index < -0.39 is 4.92 Å². The van der Waals surface area contributed by atoms with Crippen LogP contribution in [-0.4, -0.2) is 4.92 Å². The van der Waals surface area contributed by atoms with Crippen LogP contribution in [0.15, 0.2) is 42.6 Å². The topological polar surface area (TPSA) is 69.3 Å². The van der Waals surface area contributed by atoms with Gasteiger partial charge in [-0.2, -0.15) is 0 Å². The highest BCUT2D eigenvalue weighted by Crippen LogP contribution is 2.18. The van der Waals surface area contributed by atoms with Crippen molar-refractivity contribution in [3.8, 4) is 0 Å². The maximum absolute atomic E-state index is 10.8. The van der Waals surface area contributed by atoms with Gasteiger partial charge in [0.25, 0.3) is 0 Å². The minimum absolute atomic E-state index is 0.0199. The summed E-state index contributed by atoms with van der Waals surface area (Å²) in [6.07, 6.45) is 1.64. The van der Waals surface area contributed by atoms with Crippen LogP contribution in [-0.2, 0) is 6.54 Å². The minimum atomic E-state index is -0.430. The van der Waals surface area contributed by atoms with Gasteiger partial charge >= 0.3 is 11.5 Å². The van der Waals surface area contributed by atoms with Gasteiger partial charge in [0.05, 0.1) is 11.1 Å². The van der Waals surface area contributed by atoms with E-state index in [1.807, 2.05) is 12.1 Å². The first kappa shape index (κ1) is 12.3. The van der Waals surface area contributed by atoms with Crippen molar-refractivity contribution in [2.75, 3.05) is 5.32 Å². The zero-order chi connectivity index (χ0) is 13.0. The lowest BCUT2D eigenvalue weighted by Crippen LogP contribution is -2.14. The molecule has 0 aliphatic carbocycles. The monoisotopic (exact) mass is 264 g/mol. The van der Waals surface area contributed by atoms with Gasteiger partial charge in [0.2, 0.25) is 0 Å². The molecule has 0 atom stereocenters. The summed E-state index contributed by atoms with van der Waals surface area (Å²) in [7, 11) is 0. The third-order valence-corrected chi connectivity index (χ3v) is 2.67. The van der Waals surface area contributed by atoms with Crippen LogP contribution < -0.4 is 10.3 Å². The van der Waals surface area contributed by atoms with Gasteiger partial charge in [0, 0.05) is 11.1 Å². The second-order valence-electron chi connectivity index (χ2n) is 3.67. The maximum atomic E-state index is 10.8. The molecule has 0 amide bonds. The summed E-state index contributed by atoms with van der Waals surface area (Å²) in [6, 6.07) is 10.3. The first-order valence-electron chi connectivity index (χ1n) is 5.30.